The van der Waals surface area contributed by atoms with E-state index in [-0.39, 0.29) is 11.2 Å². The number of carbonyl (C=O) groups is 1. The predicted octanol–water partition coefficient (Wildman–Crippen LogP) is 3.91. The van der Waals surface area contributed by atoms with E-state index in [4.69, 9.17) is 0 Å². The van der Waals surface area contributed by atoms with E-state index >= 15 is 0 Å². The normalized spacial score (nSPS) is 12.0. The fraction of sp³-hybridized carbons (Fsp3) is 0.211. The monoisotopic (exact) mass is 352 g/mol. The topological polar surface area (TPSA) is 59.8 Å². The Kier molecular flexibility index (Phi) is 5.19. The number of thioether (sulfide) groups is 1. The first kappa shape index (κ1) is 17.2. The van der Waals surface area contributed by atoms with Gasteiger partial charge in [0.1, 0.15) is 0 Å². The van der Waals surface area contributed by atoms with Crippen LogP contribution in [0.5, 0.6) is 0 Å². The van der Waals surface area contributed by atoms with Crippen LogP contribution in [-0.4, -0.2) is 25.9 Å². The second kappa shape index (κ2) is 7.53. The number of amides is 1. The van der Waals surface area contributed by atoms with Gasteiger partial charge in [-0.2, -0.15) is 0 Å². The fourth-order valence-electron chi connectivity index (χ4n) is 2.43. The molecule has 1 N–H and O–H groups in total. The van der Waals surface area contributed by atoms with Gasteiger partial charge in [0.2, 0.25) is 5.91 Å². The van der Waals surface area contributed by atoms with Crippen molar-refractivity contribution in [3.05, 3.63) is 60.2 Å². The minimum Gasteiger partial charge on any atom is -0.325 e. The lowest BCUT2D eigenvalue weighted by molar-refractivity contribution is -0.115. The first-order valence-electron chi connectivity index (χ1n) is 8.03. The summed E-state index contributed by atoms with van der Waals surface area (Å²) in [6.45, 7) is 3.87. The second-order valence-electron chi connectivity index (χ2n) is 5.85. The van der Waals surface area contributed by atoms with Crippen molar-refractivity contribution in [1.82, 2.24) is 14.8 Å². The zero-order valence-corrected chi connectivity index (χ0v) is 15.2. The standard InChI is InChI=1S/C19H20N4OS/c1-13-8-7-11-16(12-13)20-18(24)14(2)25-19-22-21-17(23(19)3)15-9-5-4-6-10-15/h4-12,14H,1-3H3,(H,20,24). The Bertz CT molecular complexity index is 876. The SMILES string of the molecule is Cc1cccc(NC(=O)C(C)Sc2nnc(-c3ccccc3)n2C)c1. The minimum absolute atomic E-state index is 0.0557. The van der Waals surface area contributed by atoms with Gasteiger partial charge in [0, 0.05) is 18.3 Å². The quantitative estimate of drug-likeness (QED) is 0.707. The summed E-state index contributed by atoms with van der Waals surface area (Å²) in [6.07, 6.45) is 0. The van der Waals surface area contributed by atoms with E-state index in [1.165, 1.54) is 11.8 Å². The highest BCUT2D eigenvalue weighted by molar-refractivity contribution is 8.00. The van der Waals surface area contributed by atoms with Crippen molar-refractivity contribution in [2.75, 3.05) is 5.32 Å². The number of benzene rings is 2. The van der Waals surface area contributed by atoms with Crippen LogP contribution in [0.2, 0.25) is 0 Å². The molecular formula is C19H20N4OS. The van der Waals surface area contributed by atoms with Gasteiger partial charge in [0.25, 0.3) is 0 Å². The van der Waals surface area contributed by atoms with Crippen LogP contribution in [-0.2, 0) is 11.8 Å². The summed E-state index contributed by atoms with van der Waals surface area (Å²) in [7, 11) is 1.91. The molecule has 1 unspecified atom stereocenters. The lowest BCUT2D eigenvalue weighted by Gasteiger charge is -2.12. The first-order chi connectivity index (χ1) is 12.0. The van der Waals surface area contributed by atoms with Crippen molar-refractivity contribution in [3.8, 4) is 11.4 Å². The van der Waals surface area contributed by atoms with Gasteiger partial charge in [-0.3, -0.25) is 4.79 Å². The van der Waals surface area contributed by atoms with E-state index < -0.39 is 0 Å². The molecule has 0 saturated carbocycles. The van der Waals surface area contributed by atoms with Crippen LogP contribution in [0.15, 0.2) is 59.8 Å². The van der Waals surface area contributed by atoms with Crippen LogP contribution in [0.3, 0.4) is 0 Å². The zero-order valence-electron chi connectivity index (χ0n) is 14.4. The van der Waals surface area contributed by atoms with Gasteiger partial charge in [-0.25, -0.2) is 0 Å². The van der Waals surface area contributed by atoms with Crippen molar-refractivity contribution in [2.24, 2.45) is 7.05 Å². The largest absolute Gasteiger partial charge is 0.325 e. The average molecular weight is 352 g/mol. The average Bonchev–Trinajstić information content (AvgIpc) is 2.96. The number of nitrogens with one attached hydrogen (secondary N) is 1. The molecule has 25 heavy (non-hydrogen) atoms. The maximum atomic E-state index is 12.4. The van der Waals surface area contributed by atoms with Gasteiger partial charge in [0.05, 0.1) is 5.25 Å². The molecule has 1 amide bonds. The Labute approximate surface area is 151 Å². The molecule has 0 radical (unpaired) electrons. The van der Waals surface area contributed by atoms with Gasteiger partial charge in [-0.15, -0.1) is 10.2 Å². The molecule has 0 spiro atoms. The molecule has 2 aromatic carbocycles. The van der Waals surface area contributed by atoms with E-state index in [1.807, 2.05) is 80.1 Å². The molecular weight excluding hydrogens is 332 g/mol. The second-order valence-corrected chi connectivity index (χ2v) is 7.16. The van der Waals surface area contributed by atoms with Crippen LogP contribution in [0, 0.1) is 6.92 Å². The number of rotatable bonds is 5. The lowest BCUT2D eigenvalue weighted by atomic mass is 10.2. The summed E-state index contributed by atoms with van der Waals surface area (Å²) in [5, 5.41) is 11.9. The van der Waals surface area contributed by atoms with Gasteiger partial charge < -0.3 is 9.88 Å². The molecule has 3 rings (SSSR count). The third-order valence-electron chi connectivity index (χ3n) is 3.80. The molecule has 128 valence electrons. The molecule has 0 aliphatic carbocycles. The Morgan fingerprint density at radius 2 is 1.88 bits per heavy atom. The van der Waals surface area contributed by atoms with Crippen LogP contribution in [0.1, 0.15) is 12.5 Å². The number of carbonyl (C=O) groups excluding carboxylic acids is 1. The molecule has 1 aromatic heterocycles. The van der Waals surface area contributed by atoms with E-state index in [0.717, 1.165) is 22.6 Å². The van der Waals surface area contributed by atoms with E-state index in [9.17, 15) is 4.79 Å². The molecule has 6 heteroatoms. The van der Waals surface area contributed by atoms with Crippen molar-refractivity contribution in [3.63, 3.8) is 0 Å². The van der Waals surface area contributed by atoms with E-state index in [1.54, 1.807) is 0 Å². The number of nitrogens with zero attached hydrogens (tertiary/aromatic N) is 3. The van der Waals surface area contributed by atoms with Crippen molar-refractivity contribution in [1.29, 1.82) is 0 Å². The number of aromatic nitrogens is 3. The van der Waals surface area contributed by atoms with Crippen molar-refractivity contribution in [2.45, 2.75) is 24.3 Å². The summed E-state index contributed by atoms with van der Waals surface area (Å²) in [5.41, 5.74) is 2.92. The van der Waals surface area contributed by atoms with Crippen molar-refractivity contribution < 1.29 is 4.79 Å². The van der Waals surface area contributed by atoms with Crippen LogP contribution >= 0.6 is 11.8 Å². The summed E-state index contributed by atoms with van der Waals surface area (Å²) in [5.74, 6) is 0.731. The molecule has 1 heterocycles. The molecule has 0 saturated heterocycles. The number of aryl methyl sites for hydroxylation is 1. The number of anilines is 1. The zero-order chi connectivity index (χ0) is 17.8. The maximum Gasteiger partial charge on any atom is 0.237 e. The Balaban J connectivity index is 1.70. The molecule has 0 bridgehead atoms. The van der Waals surface area contributed by atoms with Gasteiger partial charge in [-0.1, -0.05) is 54.2 Å². The molecule has 1 atom stereocenters. The molecule has 5 nitrogen and oxygen atoms in total. The van der Waals surface area contributed by atoms with E-state index in [0.29, 0.717) is 5.16 Å². The number of hydrogen-bond acceptors (Lipinski definition) is 4. The fourth-order valence-corrected chi connectivity index (χ4v) is 3.25. The van der Waals surface area contributed by atoms with Crippen LogP contribution in [0.25, 0.3) is 11.4 Å². The molecule has 0 aliphatic rings. The van der Waals surface area contributed by atoms with Gasteiger partial charge >= 0.3 is 0 Å². The summed E-state index contributed by atoms with van der Waals surface area (Å²) < 4.78 is 1.91. The lowest BCUT2D eigenvalue weighted by Crippen LogP contribution is -2.22. The molecule has 0 aliphatic heterocycles. The first-order valence-corrected chi connectivity index (χ1v) is 8.91. The number of hydrogen-bond donors (Lipinski definition) is 1. The molecule has 3 aromatic rings. The smallest absolute Gasteiger partial charge is 0.237 e. The van der Waals surface area contributed by atoms with Crippen molar-refractivity contribution >= 4 is 23.4 Å². The highest BCUT2D eigenvalue weighted by Gasteiger charge is 2.19. The molecule has 0 fully saturated rings. The third kappa shape index (κ3) is 4.09. The summed E-state index contributed by atoms with van der Waals surface area (Å²) in [4.78, 5) is 12.4. The van der Waals surface area contributed by atoms with Crippen LogP contribution < -0.4 is 5.32 Å². The maximum absolute atomic E-state index is 12.4. The summed E-state index contributed by atoms with van der Waals surface area (Å²) in [6, 6.07) is 17.6. The Hall–Kier alpha value is -2.60. The highest BCUT2D eigenvalue weighted by atomic mass is 32.2. The van der Waals surface area contributed by atoms with E-state index in [2.05, 4.69) is 15.5 Å². The van der Waals surface area contributed by atoms with Crippen LogP contribution in [0.4, 0.5) is 5.69 Å². The third-order valence-corrected chi connectivity index (χ3v) is 4.94. The Morgan fingerprint density at radius 3 is 2.60 bits per heavy atom. The Morgan fingerprint density at radius 1 is 1.12 bits per heavy atom. The summed E-state index contributed by atoms with van der Waals surface area (Å²) >= 11 is 1.39. The van der Waals surface area contributed by atoms with Gasteiger partial charge in [0.15, 0.2) is 11.0 Å². The highest BCUT2D eigenvalue weighted by Crippen LogP contribution is 2.26. The van der Waals surface area contributed by atoms with Gasteiger partial charge in [-0.05, 0) is 31.5 Å². The minimum atomic E-state index is -0.285. The predicted molar refractivity (Wildman–Crippen MR) is 102 cm³/mol.